The molecule has 304 valence electrons. The number of carbonyl (C=O) groups excluding carboxylic acids is 3. The van der Waals surface area contributed by atoms with E-state index in [2.05, 4.69) is 19.9 Å². The summed E-state index contributed by atoms with van der Waals surface area (Å²) in [5, 5.41) is 64.2. The second-order valence-corrected chi connectivity index (χ2v) is 15.7. The molecule has 0 spiro atoms. The lowest BCUT2D eigenvalue weighted by Crippen LogP contribution is -3.00. The van der Waals surface area contributed by atoms with Crippen LogP contribution in [0, 0.1) is 13.8 Å². The molecule has 2 aliphatic heterocycles. The molecule has 2 fully saturated rings. The number of aliphatic hydroxyl groups is 6. The van der Waals surface area contributed by atoms with Crippen LogP contribution < -0.4 is 33.8 Å². The normalized spacial score (nSPS) is 20.7. The molecule has 1 aromatic carbocycles. The van der Waals surface area contributed by atoms with Crippen LogP contribution in [0.1, 0.15) is 47.4 Å². The Hall–Kier alpha value is -3.83. The molecule has 5 rings (SSSR count). The number of thioether (sulfide) groups is 1. The van der Waals surface area contributed by atoms with Crippen molar-refractivity contribution >= 4 is 53.0 Å². The molecule has 18 nitrogen and oxygen atoms in total. The van der Waals surface area contributed by atoms with Crippen molar-refractivity contribution in [3.63, 3.8) is 0 Å². The zero-order valence-corrected chi connectivity index (χ0v) is 32.9. The fourth-order valence-electron chi connectivity index (χ4n) is 5.59. The Morgan fingerprint density at radius 1 is 1.11 bits per heavy atom. The summed E-state index contributed by atoms with van der Waals surface area (Å²) in [5.41, 5.74) is 16.6. The minimum Gasteiger partial charge on any atom is -1.00 e. The van der Waals surface area contributed by atoms with Gasteiger partial charge in [0.2, 0.25) is 17.3 Å². The number of aryl methyl sites for hydroxylation is 1. The average Bonchev–Trinajstić information content (AvgIpc) is 3.63. The molecular formula is C34H48ClN7O11S2. The zero-order chi connectivity index (χ0) is 40.5. The minimum atomic E-state index is -1.79. The predicted molar refractivity (Wildman–Crippen MR) is 197 cm³/mol. The van der Waals surface area contributed by atoms with Crippen LogP contribution >= 0.6 is 23.1 Å². The van der Waals surface area contributed by atoms with Gasteiger partial charge in [0.15, 0.2) is 18.5 Å². The molecule has 2 aromatic heterocycles. The predicted octanol–water partition coefficient (Wildman–Crippen LogP) is -5.45. The number of amides is 2. The van der Waals surface area contributed by atoms with E-state index >= 15 is 0 Å². The third-order valence-corrected chi connectivity index (χ3v) is 11.4. The number of carboxylic acids is 1. The fourth-order valence-corrected chi connectivity index (χ4v) is 8.19. The second kappa shape index (κ2) is 20.9. The molecule has 3 aromatic rings. The monoisotopic (exact) mass is 829 g/mol. The van der Waals surface area contributed by atoms with Crippen molar-refractivity contribution in [2.75, 3.05) is 18.9 Å². The Bertz CT molecular complexity index is 1760. The number of β-lactam (4-membered cyclic amide) rings is 1. The number of hydrogen-bond donors (Lipinski definition) is 10. The lowest BCUT2D eigenvalue weighted by Gasteiger charge is -2.43. The van der Waals surface area contributed by atoms with Crippen molar-refractivity contribution in [1.29, 1.82) is 0 Å². The maximum Gasteiger partial charge on any atom is 0.327 e. The Morgan fingerprint density at radius 2 is 1.75 bits per heavy atom. The highest BCUT2D eigenvalue weighted by Crippen LogP contribution is 2.50. The molecule has 0 bridgehead atoms. The molecule has 0 aliphatic carbocycles. The van der Waals surface area contributed by atoms with Crippen LogP contribution in [0.3, 0.4) is 0 Å². The van der Waals surface area contributed by atoms with Crippen molar-refractivity contribution in [2.24, 2.45) is 5.73 Å². The molecule has 0 saturated carbocycles. The van der Waals surface area contributed by atoms with Crippen LogP contribution in [0.25, 0.3) is 0 Å². The first kappa shape index (κ1) is 47.3. The van der Waals surface area contributed by atoms with Gasteiger partial charge in [0.05, 0.1) is 17.0 Å². The number of nitrogens with two attached hydrogens (primary N) is 2. The largest absolute Gasteiger partial charge is 1.00 e. The number of aromatic nitrogens is 3. The summed E-state index contributed by atoms with van der Waals surface area (Å²) >= 11 is 3.03. The number of anilines is 1. The number of nitrogen functional groups attached to an aromatic ring is 1. The molecule has 2 amide bonds. The first-order valence-electron chi connectivity index (χ1n) is 16.7. The van der Waals surface area contributed by atoms with E-state index < -0.39 is 65.8 Å². The third-order valence-electron chi connectivity index (χ3n) is 8.69. The number of nitrogens with zero attached hydrogens (tertiary/aromatic N) is 4. The van der Waals surface area contributed by atoms with Crippen molar-refractivity contribution in [1.82, 2.24) is 20.2 Å². The van der Waals surface area contributed by atoms with Crippen molar-refractivity contribution in [3.8, 4) is 0 Å². The molecular weight excluding hydrogens is 782 g/mol. The molecule has 21 heteroatoms. The number of fused-ring (bicyclic) bond motifs is 1. The number of benzene rings is 1. The SMILES string of the molecule is CC1(C)S[C@@H]2[C@H](NC(=O)[C@H](N)c3ccccc3)C(=O)N2[C@H]1C(=O)O.Cc1ncc(C[n+]2csc(CCO)c2C)c(N)n1.O=C[C@H](O)[C@@H](O)[C@H](O)[C@H](O)CO.[Cl-]. The van der Waals surface area contributed by atoms with Crippen LogP contribution in [-0.4, -0.2) is 135 Å². The summed E-state index contributed by atoms with van der Waals surface area (Å²) in [5.74, 6) is -0.641. The van der Waals surface area contributed by atoms with Gasteiger partial charge in [-0.05, 0) is 26.3 Å². The van der Waals surface area contributed by atoms with Gasteiger partial charge in [0.1, 0.15) is 59.6 Å². The van der Waals surface area contributed by atoms with Crippen LogP contribution in [0.15, 0.2) is 42.0 Å². The van der Waals surface area contributed by atoms with Crippen LogP contribution in [0.5, 0.6) is 0 Å². The van der Waals surface area contributed by atoms with Crippen molar-refractivity contribution in [2.45, 2.75) is 93.3 Å². The number of aldehydes is 1. The van der Waals surface area contributed by atoms with E-state index in [4.69, 9.17) is 42.1 Å². The van der Waals surface area contributed by atoms with Gasteiger partial charge in [-0.3, -0.25) is 9.59 Å². The van der Waals surface area contributed by atoms with E-state index in [-0.39, 0.29) is 36.6 Å². The quantitative estimate of drug-likeness (QED) is 0.0437. The van der Waals surface area contributed by atoms with Crippen LogP contribution in [0.2, 0.25) is 0 Å². The number of carboxylic acid groups (broad SMARTS) is 1. The number of hydrogen-bond acceptors (Lipinski definition) is 16. The Balaban J connectivity index is 0.000000300. The first-order valence-corrected chi connectivity index (χ1v) is 18.4. The maximum absolute atomic E-state index is 12.3. The van der Waals surface area contributed by atoms with Gasteiger partial charge in [-0.2, -0.15) is 4.57 Å². The molecule has 55 heavy (non-hydrogen) atoms. The number of thiazole rings is 1. The van der Waals surface area contributed by atoms with E-state index in [1.807, 2.05) is 25.4 Å². The number of aliphatic carboxylic acids is 1. The second-order valence-electron chi connectivity index (χ2n) is 13.0. The van der Waals surface area contributed by atoms with Gasteiger partial charge in [-0.1, -0.05) is 41.7 Å². The van der Waals surface area contributed by atoms with Crippen molar-refractivity contribution in [3.05, 3.63) is 69.6 Å². The van der Waals surface area contributed by atoms with E-state index in [1.54, 1.807) is 55.6 Å². The third kappa shape index (κ3) is 11.6. The van der Waals surface area contributed by atoms with E-state index in [0.29, 0.717) is 30.2 Å². The van der Waals surface area contributed by atoms with E-state index in [0.717, 1.165) is 11.3 Å². The highest BCUT2D eigenvalue weighted by atomic mass is 35.5. The van der Waals surface area contributed by atoms with Crippen LogP contribution in [-0.2, 0) is 32.1 Å². The van der Waals surface area contributed by atoms with Gasteiger partial charge in [0.25, 0.3) is 0 Å². The molecule has 0 radical (unpaired) electrons. The Kier molecular flexibility index (Phi) is 18.0. The van der Waals surface area contributed by atoms with E-state index in [9.17, 15) is 24.3 Å². The van der Waals surface area contributed by atoms with Gasteiger partial charge < -0.3 is 74.6 Å². The summed E-state index contributed by atoms with van der Waals surface area (Å²) in [6.07, 6.45) is -4.37. The average molecular weight is 830 g/mol. The molecule has 8 atom stereocenters. The number of rotatable bonds is 13. The Labute approximate surface area is 331 Å². The minimum absolute atomic E-state index is 0. The molecule has 4 heterocycles. The summed E-state index contributed by atoms with van der Waals surface area (Å²) in [6.45, 7) is 7.53. The van der Waals surface area contributed by atoms with Crippen molar-refractivity contribution < 1.29 is 71.9 Å². The fraction of sp³-hybridized carbons (Fsp3) is 0.500. The highest BCUT2D eigenvalue weighted by molar-refractivity contribution is 8.01. The number of aliphatic hydroxyl groups excluding tert-OH is 6. The molecule has 2 aliphatic rings. The Morgan fingerprint density at radius 3 is 2.29 bits per heavy atom. The summed E-state index contributed by atoms with van der Waals surface area (Å²) in [6, 6.07) is 6.38. The topological polar surface area (TPSA) is 307 Å². The van der Waals surface area contributed by atoms with Gasteiger partial charge in [-0.15, -0.1) is 11.8 Å². The number of carbonyl (C=O) groups is 4. The first-order chi connectivity index (χ1) is 25.4. The molecule has 0 unspecified atom stereocenters. The van der Waals surface area contributed by atoms with Gasteiger partial charge >= 0.3 is 5.97 Å². The summed E-state index contributed by atoms with van der Waals surface area (Å²) < 4.78 is 1.49. The lowest BCUT2D eigenvalue weighted by atomic mass is 9.95. The summed E-state index contributed by atoms with van der Waals surface area (Å²) in [7, 11) is 0. The molecule has 2 saturated heterocycles. The van der Waals surface area contributed by atoms with Gasteiger partial charge in [-0.25, -0.2) is 14.8 Å². The smallest absolute Gasteiger partial charge is 0.327 e. The highest BCUT2D eigenvalue weighted by Gasteiger charge is 2.64. The summed E-state index contributed by atoms with van der Waals surface area (Å²) in [4.78, 5) is 56.9. The maximum atomic E-state index is 12.3. The lowest BCUT2D eigenvalue weighted by molar-refractivity contribution is -0.689. The number of nitrogens with one attached hydrogen (secondary N) is 1. The van der Waals surface area contributed by atoms with Crippen LogP contribution in [0.4, 0.5) is 5.82 Å². The zero-order valence-electron chi connectivity index (χ0n) is 30.5. The van der Waals surface area contributed by atoms with Gasteiger partial charge in [0, 0.05) is 30.9 Å². The molecule has 12 N–H and O–H groups in total. The standard InChI is InChI=1S/C16H19N3O4S.C12H17N4OS.C6H12O6.ClH/c1-16(2)11(15(22)23)19-13(21)10(14(19)24-16)18-12(20)9(17)8-6-4-3-5-7-8;1-8-11(3-4-17)18-7-16(8)6-10-5-14-9(2)15-12(10)13;7-1-3(9)5(11)6(12)4(10)2-8;/h3-7,9-11,14H,17H2,1-2H3,(H,18,20)(H,22,23);5,7,17H,3-4,6H2,1-2H3,(H2,13,14,15);1,3-6,8-12H,2H2;1H/q;+1;;/p-1/t9-,10-,11+,14-;;3-,4+,5+,6+;/m1.0./s1. The van der Waals surface area contributed by atoms with E-state index in [1.165, 1.54) is 21.5 Å². The number of halogens is 1.